The van der Waals surface area contributed by atoms with E-state index < -0.39 is 23.1 Å². The van der Waals surface area contributed by atoms with Gasteiger partial charge in [-0.15, -0.1) is 0 Å². The summed E-state index contributed by atoms with van der Waals surface area (Å²) in [6, 6.07) is 1.86. The number of halogens is 3. The molecule has 2 aliphatic heterocycles. The van der Waals surface area contributed by atoms with Gasteiger partial charge < -0.3 is 4.74 Å². The number of nitrogens with zero attached hydrogens (tertiary/aromatic N) is 1. The molecule has 2 heterocycles. The van der Waals surface area contributed by atoms with Crippen molar-refractivity contribution in [2.75, 3.05) is 0 Å². The third-order valence-corrected chi connectivity index (χ3v) is 4.62. The fourth-order valence-electron chi connectivity index (χ4n) is 3.60. The highest BCUT2D eigenvalue weighted by Gasteiger charge is 2.39. The SMILES string of the molecule is CC(C)(C)OC(=O)N1C2C=C(c3ccc(F)c(F)c3F)CC1CCC2. The van der Waals surface area contributed by atoms with E-state index >= 15 is 0 Å². The summed E-state index contributed by atoms with van der Waals surface area (Å²) in [7, 11) is 0. The molecule has 0 saturated carbocycles. The third-order valence-electron chi connectivity index (χ3n) is 4.62. The van der Waals surface area contributed by atoms with Crippen molar-refractivity contribution < 1.29 is 22.7 Å². The van der Waals surface area contributed by atoms with Gasteiger partial charge in [0.25, 0.3) is 0 Å². The Morgan fingerprint density at radius 2 is 1.88 bits per heavy atom. The molecular weight excluding hydrogens is 331 g/mol. The summed E-state index contributed by atoms with van der Waals surface area (Å²) in [6.07, 6.45) is 4.28. The minimum atomic E-state index is -1.46. The van der Waals surface area contributed by atoms with Crippen LogP contribution in [0.1, 0.15) is 52.0 Å². The lowest BCUT2D eigenvalue weighted by molar-refractivity contribution is 0.0000734. The van der Waals surface area contributed by atoms with Crippen molar-refractivity contribution in [3.05, 3.63) is 41.2 Å². The first-order valence-electron chi connectivity index (χ1n) is 8.53. The van der Waals surface area contributed by atoms with E-state index in [9.17, 15) is 18.0 Å². The second-order valence-electron chi connectivity index (χ2n) is 7.66. The van der Waals surface area contributed by atoms with E-state index in [0.29, 0.717) is 12.0 Å². The van der Waals surface area contributed by atoms with Crippen LogP contribution < -0.4 is 0 Å². The average molecular weight is 353 g/mol. The Labute approximate surface area is 145 Å². The van der Waals surface area contributed by atoms with E-state index in [-0.39, 0.29) is 23.7 Å². The van der Waals surface area contributed by atoms with Crippen LogP contribution in [-0.2, 0) is 4.74 Å². The maximum absolute atomic E-state index is 14.1. The van der Waals surface area contributed by atoms with E-state index in [1.807, 2.05) is 20.8 Å². The van der Waals surface area contributed by atoms with Gasteiger partial charge in [0.15, 0.2) is 17.5 Å². The predicted molar refractivity (Wildman–Crippen MR) is 88.4 cm³/mol. The molecule has 136 valence electrons. The van der Waals surface area contributed by atoms with Gasteiger partial charge in [0.1, 0.15) is 5.60 Å². The molecule has 0 N–H and O–H groups in total. The Hall–Kier alpha value is -1.98. The highest BCUT2D eigenvalue weighted by Crippen LogP contribution is 2.39. The number of fused-ring (bicyclic) bond motifs is 2. The second kappa shape index (κ2) is 6.39. The number of benzene rings is 1. The average Bonchev–Trinajstić information content (AvgIpc) is 2.50. The quantitative estimate of drug-likeness (QED) is 0.661. The zero-order chi connectivity index (χ0) is 18.4. The molecule has 0 aromatic heterocycles. The lowest BCUT2D eigenvalue weighted by Crippen LogP contribution is -2.53. The Morgan fingerprint density at radius 1 is 1.16 bits per heavy atom. The van der Waals surface area contributed by atoms with Crippen molar-refractivity contribution in [3.8, 4) is 0 Å². The number of carbonyl (C=O) groups is 1. The van der Waals surface area contributed by atoms with E-state index in [1.165, 1.54) is 6.07 Å². The van der Waals surface area contributed by atoms with Gasteiger partial charge in [-0.2, -0.15) is 0 Å². The molecule has 1 saturated heterocycles. The first-order valence-corrected chi connectivity index (χ1v) is 8.53. The van der Waals surface area contributed by atoms with Gasteiger partial charge in [-0.1, -0.05) is 6.08 Å². The predicted octanol–water partition coefficient (Wildman–Crippen LogP) is 5.05. The Bertz CT molecular complexity index is 724. The van der Waals surface area contributed by atoms with Crippen LogP contribution >= 0.6 is 0 Å². The molecule has 0 spiro atoms. The number of hydrogen-bond acceptors (Lipinski definition) is 2. The van der Waals surface area contributed by atoms with Crippen LogP contribution in [0.25, 0.3) is 5.57 Å². The first kappa shape index (κ1) is 17.8. The van der Waals surface area contributed by atoms with Crippen molar-refractivity contribution in [2.24, 2.45) is 0 Å². The molecule has 2 aliphatic rings. The van der Waals surface area contributed by atoms with E-state index in [1.54, 1.807) is 11.0 Å². The zero-order valence-corrected chi connectivity index (χ0v) is 14.6. The highest BCUT2D eigenvalue weighted by molar-refractivity contribution is 5.75. The van der Waals surface area contributed by atoms with Gasteiger partial charge in [-0.3, -0.25) is 4.90 Å². The van der Waals surface area contributed by atoms with Crippen molar-refractivity contribution in [1.29, 1.82) is 0 Å². The van der Waals surface area contributed by atoms with Crippen LogP contribution in [0, 0.1) is 17.5 Å². The number of carbonyl (C=O) groups excluding carboxylic acids is 1. The fourth-order valence-corrected chi connectivity index (χ4v) is 3.60. The molecule has 2 bridgehead atoms. The molecule has 6 heteroatoms. The number of ether oxygens (including phenoxy) is 1. The summed E-state index contributed by atoms with van der Waals surface area (Å²) in [5.74, 6) is -3.83. The monoisotopic (exact) mass is 353 g/mol. The fraction of sp³-hybridized carbons (Fsp3) is 0.526. The number of amides is 1. The second-order valence-corrected chi connectivity index (χ2v) is 7.66. The van der Waals surface area contributed by atoms with Crippen LogP contribution in [0.2, 0.25) is 0 Å². The summed E-state index contributed by atoms with van der Waals surface area (Å²) >= 11 is 0. The lowest BCUT2D eigenvalue weighted by atomic mass is 9.83. The van der Waals surface area contributed by atoms with Crippen LogP contribution in [0.3, 0.4) is 0 Å². The van der Waals surface area contributed by atoms with Crippen LogP contribution in [0.15, 0.2) is 18.2 Å². The number of hydrogen-bond donors (Lipinski definition) is 0. The molecule has 1 amide bonds. The molecule has 2 atom stereocenters. The maximum atomic E-state index is 14.1. The van der Waals surface area contributed by atoms with Gasteiger partial charge in [0, 0.05) is 11.6 Å². The lowest BCUT2D eigenvalue weighted by Gasteiger charge is -2.45. The molecule has 3 rings (SSSR count). The van der Waals surface area contributed by atoms with Crippen LogP contribution in [-0.4, -0.2) is 28.7 Å². The van der Waals surface area contributed by atoms with Crippen LogP contribution in [0.5, 0.6) is 0 Å². The molecule has 3 nitrogen and oxygen atoms in total. The summed E-state index contributed by atoms with van der Waals surface area (Å²) in [5, 5.41) is 0. The molecule has 25 heavy (non-hydrogen) atoms. The molecular formula is C19H22F3NO2. The highest BCUT2D eigenvalue weighted by atomic mass is 19.2. The molecule has 1 fully saturated rings. The van der Waals surface area contributed by atoms with Gasteiger partial charge in [0.05, 0.1) is 6.04 Å². The third kappa shape index (κ3) is 3.53. The summed E-state index contributed by atoms with van der Waals surface area (Å²) < 4.78 is 46.4. The zero-order valence-electron chi connectivity index (χ0n) is 14.6. The Kier molecular flexibility index (Phi) is 4.56. The topological polar surface area (TPSA) is 29.5 Å². The number of rotatable bonds is 1. The molecule has 1 aromatic rings. The summed E-state index contributed by atoms with van der Waals surface area (Å²) in [4.78, 5) is 14.2. The van der Waals surface area contributed by atoms with E-state index in [2.05, 4.69) is 0 Å². The minimum Gasteiger partial charge on any atom is -0.444 e. The summed E-state index contributed by atoms with van der Waals surface area (Å²) in [5.41, 5.74) is 0.0900. The van der Waals surface area contributed by atoms with Crippen molar-refractivity contribution in [2.45, 2.75) is 64.1 Å². The van der Waals surface area contributed by atoms with Crippen molar-refractivity contribution in [3.63, 3.8) is 0 Å². The maximum Gasteiger partial charge on any atom is 0.411 e. The molecule has 0 radical (unpaired) electrons. The molecule has 2 unspecified atom stereocenters. The molecule has 0 aliphatic carbocycles. The van der Waals surface area contributed by atoms with Gasteiger partial charge >= 0.3 is 6.09 Å². The van der Waals surface area contributed by atoms with Crippen LogP contribution in [0.4, 0.5) is 18.0 Å². The van der Waals surface area contributed by atoms with Gasteiger partial charge in [0.2, 0.25) is 0 Å². The molecule has 1 aromatic carbocycles. The minimum absolute atomic E-state index is 0.0691. The largest absolute Gasteiger partial charge is 0.444 e. The Morgan fingerprint density at radius 3 is 2.52 bits per heavy atom. The van der Waals surface area contributed by atoms with E-state index in [0.717, 1.165) is 25.3 Å². The summed E-state index contributed by atoms with van der Waals surface area (Å²) in [6.45, 7) is 5.42. The normalized spacial score (nSPS) is 23.3. The van der Waals surface area contributed by atoms with Gasteiger partial charge in [-0.25, -0.2) is 18.0 Å². The van der Waals surface area contributed by atoms with Gasteiger partial charge in [-0.05, 0) is 64.2 Å². The first-order chi connectivity index (χ1) is 11.7. The van der Waals surface area contributed by atoms with E-state index in [4.69, 9.17) is 4.74 Å². The standard InChI is InChI=1S/C19H22F3NO2/c1-19(2,3)25-18(24)23-12-5-4-6-13(23)10-11(9-12)14-7-8-15(20)17(22)16(14)21/h7-9,12-13H,4-6,10H2,1-3H3. The Balaban J connectivity index is 1.92. The number of piperidine rings is 1. The van der Waals surface area contributed by atoms with Crippen molar-refractivity contribution >= 4 is 11.7 Å². The van der Waals surface area contributed by atoms with Crippen molar-refractivity contribution in [1.82, 2.24) is 4.90 Å². The smallest absolute Gasteiger partial charge is 0.411 e.